The van der Waals surface area contributed by atoms with E-state index < -0.39 is 5.97 Å². The van der Waals surface area contributed by atoms with E-state index in [2.05, 4.69) is 5.32 Å². The van der Waals surface area contributed by atoms with Crippen molar-refractivity contribution < 1.29 is 9.90 Å². The molecule has 2 N–H and O–H groups in total. The zero-order valence-electron chi connectivity index (χ0n) is 8.03. The number of nitrogens with one attached hydrogen (secondary N) is 1. The van der Waals surface area contributed by atoms with E-state index in [0.717, 1.165) is 23.9 Å². The quantitative estimate of drug-likeness (QED) is 0.717. The second-order valence-corrected chi connectivity index (χ2v) is 2.82. The van der Waals surface area contributed by atoms with Crippen molar-refractivity contribution in [3.63, 3.8) is 0 Å². The van der Waals surface area contributed by atoms with E-state index in [1.807, 2.05) is 31.2 Å². The van der Waals surface area contributed by atoms with Crippen molar-refractivity contribution in [3.05, 3.63) is 35.9 Å². The van der Waals surface area contributed by atoms with Gasteiger partial charge in [0, 0.05) is 18.3 Å². The van der Waals surface area contributed by atoms with Crippen LogP contribution in [0, 0.1) is 0 Å². The summed E-state index contributed by atoms with van der Waals surface area (Å²) >= 11 is 0. The molecule has 1 rings (SSSR count). The highest BCUT2D eigenvalue weighted by atomic mass is 16.4. The summed E-state index contributed by atoms with van der Waals surface area (Å²) in [7, 11) is 0. The molecule has 14 heavy (non-hydrogen) atoms. The Hall–Kier alpha value is -1.77. The average molecular weight is 191 g/mol. The van der Waals surface area contributed by atoms with Crippen LogP contribution in [0.25, 0.3) is 6.08 Å². The predicted octanol–water partition coefficient (Wildman–Crippen LogP) is 2.22. The van der Waals surface area contributed by atoms with E-state index >= 15 is 0 Å². The van der Waals surface area contributed by atoms with Crippen molar-refractivity contribution >= 4 is 17.7 Å². The molecule has 0 heterocycles. The van der Waals surface area contributed by atoms with Gasteiger partial charge in [-0.1, -0.05) is 12.1 Å². The monoisotopic (exact) mass is 191 g/mol. The highest BCUT2D eigenvalue weighted by Crippen LogP contribution is 2.10. The van der Waals surface area contributed by atoms with Gasteiger partial charge in [-0.05, 0) is 30.7 Å². The maximum absolute atomic E-state index is 10.2. The van der Waals surface area contributed by atoms with E-state index in [-0.39, 0.29) is 0 Å². The zero-order valence-corrected chi connectivity index (χ0v) is 8.03. The third-order valence-corrected chi connectivity index (χ3v) is 1.71. The molecule has 0 aliphatic rings. The Balaban J connectivity index is 2.68. The molecule has 1 aromatic rings. The van der Waals surface area contributed by atoms with Crippen LogP contribution in [0.1, 0.15) is 12.5 Å². The lowest BCUT2D eigenvalue weighted by molar-refractivity contribution is -0.131. The minimum atomic E-state index is -0.930. The first-order valence-electron chi connectivity index (χ1n) is 4.47. The summed E-state index contributed by atoms with van der Waals surface area (Å²) in [5.41, 5.74) is 1.93. The second kappa shape index (κ2) is 5.07. The Kier molecular flexibility index (Phi) is 3.73. The SMILES string of the molecule is CCNc1ccc(/C=C/C(=O)O)cc1. The molecule has 0 saturated carbocycles. The Morgan fingerprint density at radius 3 is 2.57 bits per heavy atom. The number of hydrogen-bond acceptors (Lipinski definition) is 2. The number of anilines is 1. The zero-order chi connectivity index (χ0) is 10.4. The normalized spacial score (nSPS) is 10.4. The molecule has 0 radical (unpaired) electrons. The molecule has 1 aromatic carbocycles. The van der Waals surface area contributed by atoms with Gasteiger partial charge < -0.3 is 10.4 Å². The largest absolute Gasteiger partial charge is 0.478 e. The van der Waals surface area contributed by atoms with Gasteiger partial charge in [0.05, 0.1) is 0 Å². The van der Waals surface area contributed by atoms with Crippen molar-refractivity contribution in [1.82, 2.24) is 0 Å². The summed E-state index contributed by atoms with van der Waals surface area (Å²) in [6.07, 6.45) is 2.69. The number of carboxylic acid groups (broad SMARTS) is 1. The highest BCUT2D eigenvalue weighted by Gasteiger charge is 1.91. The molecular weight excluding hydrogens is 178 g/mol. The Bertz CT molecular complexity index is 328. The molecule has 0 fully saturated rings. The lowest BCUT2D eigenvalue weighted by Crippen LogP contribution is -1.95. The Morgan fingerprint density at radius 2 is 2.07 bits per heavy atom. The molecule has 0 bridgehead atoms. The van der Waals surface area contributed by atoms with Gasteiger partial charge >= 0.3 is 5.97 Å². The molecular formula is C11H13NO2. The molecule has 0 spiro atoms. The number of rotatable bonds is 4. The van der Waals surface area contributed by atoms with Crippen LogP contribution < -0.4 is 5.32 Å². The lowest BCUT2D eigenvalue weighted by Gasteiger charge is -2.02. The van der Waals surface area contributed by atoms with Crippen LogP contribution in [0.5, 0.6) is 0 Å². The molecule has 0 atom stereocenters. The summed E-state index contributed by atoms with van der Waals surface area (Å²) in [5, 5.41) is 11.6. The summed E-state index contributed by atoms with van der Waals surface area (Å²) in [6.45, 7) is 2.91. The standard InChI is InChI=1S/C11H13NO2/c1-2-12-10-6-3-9(4-7-10)5-8-11(13)14/h3-8,12H,2H2,1H3,(H,13,14)/b8-5+. The topological polar surface area (TPSA) is 49.3 Å². The van der Waals surface area contributed by atoms with Gasteiger partial charge in [-0.3, -0.25) is 0 Å². The Morgan fingerprint density at radius 1 is 1.43 bits per heavy atom. The molecule has 0 aromatic heterocycles. The summed E-state index contributed by atoms with van der Waals surface area (Å²) in [4.78, 5) is 10.2. The van der Waals surface area contributed by atoms with E-state index in [0.29, 0.717) is 0 Å². The van der Waals surface area contributed by atoms with Crippen molar-refractivity contribution in [2.75, 3.05) is 11.9 Å². The number of carboxylic acids is 1. The molecule has 0 saturated heterocycles. The summed E-state index contributed by atoms with van der Waals surface area (Å²) in [5.74, 6) is -0.930. The molecule has 3 heteroatoms. The van der Waals surface area contributed by atoms with E-state index in [4.69, 9.17) is 5.11 Å². The van der Waals surface area contributed by atoms with Crippen molar-refractivity contribution in [2.45, 2.75) is 6.92 Å². The van der Waals surface area contributed by atoms with Gasteiger partial charge in [0.2, 0.25) is 0 Å². The van der Waals surface area contributed by atoms with Gasteiger partial charge in [-0.15, -0.1) is 0 Å². The molecule has 0 amide bonds. The average Bonchev–Trinajstić information content (AvgIpc) is 2.17. The lowest BCUT2D eigenvalue weighted by atomic mass is 10.2. The molecule has 0 unspecified atom stereocenters. The maximum Gasteiger partial charge on any atom is 0.328 e. The van der Waals surface area contributed by atoms with Crippen LogP contribution in [-0.4, -0.2) is 17.6 Å². The number of benzene rings is 1. The van der Waals surface area contributed by atoms with Gasteiger partial charge in [-0.2, -0.15) is 0 Å². The third-order valence-electron chi connectivity index (χ3n) is 1.71. The van der Waals surface area contributed by atoms with E-state index in [1.54, 1.807) is 6.08 Å². The van der Waals surface area contributed by atoms with Crippen LogP contribution in [0.15, 0.2) is 30.3 Å². The minimum Gasteiger partial charge on any atom is -0.478 e. The fraction of sp³-hybridized carbons (Fsp3) is 0.182. The van der Waals surface area contributed by atoms with Crippen LogP contribution in [-0.2, 0) is 4.79 Å². The Labute approximate surface area is 83.1 Å². The van der Waals surface area contributed by atoms with Crippen LogP contribution in [0.2, 0.25) is 0 Å². The second-order valence-electron chi connectivity index (χ2n) is 2.82. The first kappa shape index (κ1) is 10.3. The molecule has 0 aliphatic carbocycles. The van der Waals surface area contributed by atoms with Gasteiger partial charge in [0.15, 0.2) is 0 Å². The van der Waals surface area contributed by atoms with Crippen LogP contribution in [0.3, 0.4) is 0 Å². The highest BCUT2D eigenvalue weighted by molar-refractivity contribution is 5.85. The predicted molar refractivity (Wildman–Crippen MR) is 57.3 cm³/mol. The minimum absolute atomic E-state index is 0.879. The van der Waals surface area contributed by atoms with Gasteiger partial charge in [0.25, 0.3) is 0 Å². The first-order chi connectivity index (χ1) is 6.72. The van der Waals surface area contributed by atoms with Gasteiger partial charge in [-0.25, -0.2) is 4.79 Å². The molecule has 3 nitrogen and oxygen atoms in total. The molecule has 74 valence electrons. The van der Waals surface area contributed by atoms with E-state index in [9.17, 15) is 4.79 Å². The van der Waals surface area contributed by atoms with E-state index in [1.165, 1.54) is 0 Å². The number of carbonyl (C=O) groups is 1. The molecule has 0 aliphatic heterocycles. The fourth-order valence-corrected chi connectivity index (χ4v) is 1.08. The van der Waals surface area contributed by atoms with Crippen molar-refractivity contribution in [1.29, 1.82) is 0 Å². The smallest absolute Gasteiger partial charge is 0.328 e. The van der Waals surface area contributed by atoms with Crippen LogP contribution in [0.4, 0.5) is 5.69 Å². The first-order valence-corrected chi connectivity index (χ1v) is 4.47. The van der Waals surface area contributed by atoms with Gasteiger partial charge in [0.1, 0.15) is 0 Å². The summed E-state index contributed by atoms with van der Waals surface area (Å²) in [6, 6.07) is 7.59. The fourth-order valence-electron chi connectivity index (χ4n) is 1.08. The van der Waals surface area contributed by atoms with Crippen molar-refractivity contribution in [3.8, 4) is 0 Å². The number of hydrogen-bond donors (Lipinski definition) is 2. The number of aliphatic carboxylic acids is 1. The van der Waals surface area contributed by atoms with Crippen LogP contribution >= 0.6 is 0 Å². The van der Waals surface area contributed by atoms with Crippen molar-refractivity contribution in [2.24, 2.45) is 0 Å². The third kappa shape index (κ3) is 3.31. The maximum atomic E-state index is 10.2. The summed E-state index contributed by atoms with van der Waals surface area (Å²) < 4.78 is 0.